The summed E-state index contributed by atoms with van der Waals surface area (Å²) in [6.07, 6.45) is 8.22. The van der Waals surface area contributed by atoms with Gasteiger partial charge in [-0.05, 0) is 12.8 Å². The maximum absolute atomic E-state index is 13.3. The molecule has 2 unspecified atom stereocenters. The summed E-state index contributed by atoms with van der Waals surface area (Å²) in [5.74, 6) is -4.96. The van der Waals surface area contributed by atoms with Crippen molar-refractivity contribution in [2.75, 3.05) is 19.8 Å². The summed E-state index contributed by atoms with van der Waals surface area (Å²) in [5, 5.41) is 84.2. The minimum atomic E-state index is -5.90. The first-order valence-corrected chi connectivity index (χ1v) is 27.0. The molecule has 0 radical (unpaired) electrons. The van der Waals surface area contributed by atoms with E-state index in [1.165, 1.54) is 103 Å². The van der Waals surface area contributed by atoms with Gasteiger partial charge in [-0.2, -0.15) is 0 Å². The molecule has 0 spiro atoms. The number of carbonyl (C=O) groups is 2. The van der Waals surface area contributed by atoms with Gasteiger partial charge in [0.15, 0.2) is 12.4 Å². The molecule has 0 aromatic heterocycles. The third-order valence-corrected chi connectivity index (χ3v) is 13.7. The fourth-order valence-corrected chi connectivity index (χ4v) is 9.42. The van der Waals surface area contributed by atoms with E-state index >= 15 is 0 Å². The van der Waals surface area contributed by atoms with E-state index in [4.69, 9.17) is 33.7 Å². The van der Waals surface area contributed by atoms with Crippen LogP contribution in [0.25, 0.3) is 0 Å². The first kappa shape index (κ1) is 61.7. The van der Waals surface area contributed by atoms with Crippen LogP contribution in [0.2, 0.25) is 0 Å². The summed E-state index contributed by atoms with van der Waals surface area (Å²) in [6.45, 7) is 1.95. The maximum atomic E-state index is 13.3. The number of esters is 2. The molecule has 19 nitrogen and oxygen atoms in total. The third-order valence-electron chi connectivity index (χ3n) is 12.7. The van der Waals surface area contributed by atoms with Crippen molar-refractivity contribution in [2.24, 2.45) is 5.73 Å². The van der Waals surface area contributed by atoms with Crippen molar-refractivity contribution in [3.63, 3.8) is 0 Å². The van der Waals surface area contributed by atoms with Crippen molar-refractivity contribution in [2.45, 2.75) is 267 Å². The Kier molecular flexibility index (Phi) is 32.1. The number of aliphatic hydroxyl groups excluding tert-OH is 7. The molecule has 0 aromatic rings. The molecule has 2 fully saturated rings. The Morgan fingerprint density at radius 3 is 1.51 bits per heavy atom. The molecule has 0 bridgehead atoms. The van der Waals surface area contributed by atoms with Gasteiger partial charge in [0, 0.05) is 12.8 Å². The van der Waals surface area contributed by atoms with E-state index in [2.05, 4.69) is 13.8 Å². The minimum absolute atomic E-state index is 0.00992. The van der Waals surface area contributed by atoms with Crippen molar-refractivity contribution in [1.82, 2.24) is 0 Å². The molecular formula is C47H89NO18P-. The molecule has 1 heterocycles. The number of nitrogens with two attached hydrogens (primary N) is 1. The molecule has 0 amide bonds. The number of hydrogen-bond acceptors (Lipinski definition) is 19. The van der Waals surface area contributed by atoms with Crippen LogP contribution in [0.15, 0.2) is 0 Å². The lowest BCUT2D eigenvalue weighted by atomic mass is 9.82. The fourth-order valence-electron chi connectivity index (χ4n) is 8.45. The molecule has 1 saturated carbocycles. The van der Waals surface area contributed by atoms with Crippen molar-refractivity contribution < 1.29 is 87.9 Å². The Balaban J connectivity index is 1.99. The lowest BCUT2D eigenvalue weighted by molar-refractivity contribution is -0.387. The van der Waals surface area contributed by atoms with E-state index in [0.29, 0.717) is 12.8 Å². The van der Waals surface area contributed by atoms with Crippen molar-refractivity contribution >= 4 is 19.8 Å². The Morgan fingerprint density at radius 2 is 1.06 bits per heavy atom. The van der Waals surface area contributed by atoms with Gasteiger partial charge in [0.05, 0.1) is 19.3 Å². The second-order valence-electron chi connectivity index (χ2n) is 18.6. The van der Waals surface area contributed by atoms with Gasteiger partial charge in [-0.3, -0.25) is 18.7 Å². The highest BCUT2D eigenvalue weighted by Gasteiger charge is 2.63. The van der Waals surface area contributed by atoms with E-state index in [9.17, 15) is 59.9 Å². The van der Waals surface area contributed by atoms with Crippen LogP contribution in [0.1, 0.15) is 194 Å². The van der Waals surface area contributed by atoms with E-state index in [0.717, 1.165) is 51.4 Å². The van der Waals surface area contributed by atoms with E-state index in [1.54, 1.807) is 0 Å². The second kappa shape index (κ2) is 34.9. The molecule has 20 heteroatoms. The highest BCUT2D eigenvalue weighted by molar-refractivity contribution is 7.45. The average molecular weight is 987 g/mol. The van der Waals surface area contributed by atoms with Gasteiger partial charge >= 0.3 is 11.9 Å². The van der Waals surface area contributed by atoms with Crippen LogP contribution in [0, 0.1) is 0 Å². The predicted molar refractivity (Wildman–Crippen MR) is 246 cm³/mol. The standard InChI is InChI=1S/C47H90NO18P/c1-3-5-7-9-11-13-15-17-19-21-23-25-27-29-36(50)61-32-34(63-37(51)30-28-26-24-22-20-18-16-14-12-10-8-6-4-2)33-62-67(59,60)66-47(58)44(57)42(55)41(54)43(56)45(47)65-46-38(48)40(53)39(52)35(31-49)64-46/h34-35,38-46,49,52-58H,3-33,48H2,1-2H3,(H,59,60)/p-1/t34?,35-,38-,39-,40-,41-,42-,43+,44-,45-,46-,47+/m1/s1. The quantitative estimate of drug-likeness (QED) is 0.0180. The third kappa shape index (κ3) is 23.6. The molecule has 1 saturated heterocycles. The smallest absolute Gasteiger partial charge is 0.306 e. The number of carbonyl (C=O) groups excluding carboxylic acids is 2. The van der Waals surface area contributed by atoms with Crippen molar-refractivity contribution in [1.29, 1.82) is 0 Å². The molecular weight excluding hydrogens is 897 g/mol. The zero-order chi connectivity index (χ0) is 49.7. The van der Waals surface area contributed by atoms with Crippen LogP contribution >= 0.6 is 7.82 Å². The van der Waals surface area contributed by atoms with Crippen molar-refractivity contribution in [3.8, 4) is 0 Å². The van der Waals surface area contributed by atoms with Gasteiger partial charge in [-0.15, -0.1) is 0 Å². The number of unbranched alkanes of at least 4 members (excludes halogenated alkanes) is 24. The number of phosphoric ester groups is 1. The Bertz CT molecular complexity index is 1350. The fraction of sp³-hybridized carbons (Fsp3) is 0.957. The molecule has 2 rings (SSSR count). The predicted octanol–water partition coefficient (Wildman–Crippen LogP) is 4.20. The van der Waals surface area contributed by atoms with Crippen LogP contribution in [0.3, 0.4) is 0 Å². The largest absolute Gasteiger partial charge is 0.756 e. The zero-order valence-electron chi connectivity index (χ0n) is 40.5. The van der Waals surface area contributed by atoms with Crippen LogP contribution in [0.4, 0.5) is 0 Å². The molecule has 13 atom stereocenters. The normalized spacial score (nSPS) is 29.1. The topological polar surface area (TPSA) is 318 Å². The highest BCUT2D eigenvalue weighted by atomic mass is 31.2. The van der Waals surface area contributed by atoms with Crippen LogP contribution in [-0.4, -0.2) is 146 Å². The van der Waals surface area contributed by atoms with Crippen LogP contribution in [0.5, 0.6) is 0 Å². The summed E-state index contributed by atoms with van der Waals surface area (Å²) in [7, 11) is -5.90. The molecule has 396 valence electrons. The van der Waals surface area contributed by atoms with Crippen molar-refractivity contribution in [3.05, 3.63) is 0 Å². The van der Waals surface area contributed by atoms with E-state index in [1.807, 2.05) is 0 Å². The zero-order valence-corrected chi connectivity index (χ0v) is 41.4. The first-order chi connectivity index (χ1) is 32.0. The number of aliphatic hydroxyl groups is 8. The SMILES string of the molecule is CCCCCCCCCCCCCCCC(=O)OCC(COP(=O)([O-])O[C@@]1(O)[C@H](O)[C@H](O)[C@@H](O)[C@H](O)[C@H]1O[C@H]1O[C@H](CO)[C@@H](O)[C@H](O)[C@H]1N)OC(=O)CCCCCCCCCCCCCCC. The number of rotatable bonds is 39. The van der Waals surface area contributed by atoms with E-state index in [-0.39, 0.29) is 12.8 Å². The maximum Gasteiger partial charge on any atom is 0.306 e. The van der Waals surface area contributed by atoms with Gasteiger partial charge in [-0.25, -0.2) is 0 Å². The summed E-state index contributed by atoms with van der Waals surface area (Å²) in [5.41, 5.74) is 5.90. The summed E-state index contributed by atoms with van der Waals surface area (Å²) in [6, 6.07) is -1.66. The van der Waals surface area contributed by atoms with Gasteiger partial charge in [0.1, 0.15) is 55.4 Å². The van der Waals surface area contributed by atoms with E-state index < -0.39 is 113 Å². The molecule has 1 aliphatic carbocycles. The summed E-state index contributed by atoms with van der Waals surface area (Å²) in [4.78, 5) is 39.0. The second-order valence-corrected chi connectivity index (χ2v) is 20.0. The van der Waals surface area contributed by atoms with Crippen LogP contribution < -0.4 is 10.6 Å². The molecule has 2 aliphatic rings. The number of hydrogen-bond donors (Lipinski definition) is 9. The molecule has 10 N–H and O–H groups in total. The van der Waals surface area contributed by atoms with Gasteiger partial charge in [0.2, 0.25) is 5.79 Å². The van der Waals surface area contributed by atoms with Gasteiger partial charge in [-0.1, -0.05) is 168 Å². The lowest BCUT2D eigenvalue weighted by Gasteiger charge is -2.51. The first-order valence-electron chi connectivity index (χ1n) is 25.5. The van der Waals surface area contributed by atoms with Gasteiger partial charge in [0.25, 0.3) is 7.82 Å². The molecule has 67 heavy (non-hydrogen) atoms. The Labute approximate surface area is 399 Å². The summed E-state index contributed by atoms with van der Waals surface area (Å²) >= 11 is 0. The minimum Gasteiger partial charge on any atom is -0.756 e. The lowest BCUT2D eigenvalue weighted by Crippen LogP contribution is -2.74. The molecule has 1 aliphatic heterocycles. The monoisotopic (exact) mass is 987 g/mol. The Morgan fingerprint density at radius 1 is 0.627 bits per heavy atom. The average Bonchev–Trinajstić information content (AvgIpc) is 3.30. The molecule has 0 aromatic carbocycles. The Hall–Kier alpha value is -1.39. The van der Waals surface area contributed by atoms with Gasteiger partial charge < -0.3 is 75.0 Å². The van der Waals surface area contributed by atoms with Crippen LogP contribution in [-0.2, 0) is 42.1 Å². The summed E-state index contributed by atoms with van der Waals surface area (Å²) < 4.78 is 44.8. The number of ether oxygens (including phenoxy) is 4. The number of phosphoric acid groups is 1. The highest BCUT2D eigenvalue weighted by Crippen LogP contribution is 2.48.